The van der Waals surface area contributed by atoms with Gasteiger partial charge in [-0.2, -0.15) is 4.31 Å². The van der Waals surface area contributed by atoms with Gasteiger partial charge in [0.2, 0.25) is 5.95 Å². The van der Waals surface area contributed by atoms with Crippen LogP contribution in [0.3, 0.4) is 0 Å². The summed E-state index contributed by atoms with van der Waals surface area (Å²) in [6, 6.07) is 9.49. The third-order valence-electron chi connectivity index (χ3n) is 6.45. The van der Waals surface area contributed by atoms with Crippen LogP contribution in [0.5, 0.6) is 5.75 Å². The monoisotopic (exact) mass is 604 g/mol. The zero-order valence-corrected chi connectivity index (χ0v) is 22.6. The Bertz CT molecular complexity index is 1510. The number of nitrogens with zero attached hydrogens (tertiary/aromatic N) is 4. The average molecular weight is 605 g/mol. The molecule has 39 heavy (non-hydrogen) atoms. The van der Waals surface area contributed by atoms with E-state index in [2.05, 4.69) is 9.72 Å². The number of aromatic nitrogens is 2. The van der Waals surface area contributed by atoms with Gasteiger partial charge in [0.25, 0.3) is 15.9 Å². The van der Waals surface area contributed by atoms with E-state index in [0.29, 0.717) is 5.56 Å². The molecule has 0 spiro atoms. The number of alkyl halides is 3. The summed E-state index contributed by atoms with van der Waals surface area (Å²) < 4.78 is 77.1. The number of hydrogen-bond acceptors (Lipinski definition) is 6. The number of imidazole rings is 1. The lowest BCUT2D eigenvalue weighted by Gasteiger charge is -2.30. The molecule has 0 aliphatic carbocycles. The zero-order chi connectivity index (χ0) is 28.2. The number of rotatable bonds is 6. The summed E-state index contributed by atoms with van der Waals surface area (Å²) in [6.07, 6.45) is -3.75. The lowest BCUT2D eigenvalue weighted by atomic mass is 9.92. The highest BCUT2D eigenvalue weighted by Gasteiger charge is 2.52. The number of amides is 1. The average Bonchev–Trinajstić information content (AvgIpc) is 3.38. The van der Waals surface area contributed by atoms with Crippen LogP contribution in [0.2, 0.25) is 10.0 Å². The van der Waals surface area contributed by atoms with Crippen LogP contribution in [0.1, 0.15) is 12.5 Å². The van der Waals surface area contributed by atoms with Crippen LogP contribution in [0.25, 0.3) is 0 Å². The summed E-state index contributed by atoms with van der Waals surface area (Å²) in [7, 11) is -4.10. The third kappa shape index (κ3) is 5.21. The summed E-state index contributed by atoms with van der Waals surface area (Å²) in [4.78, 5) is 19.6. The van der Waals surface area contributed by atoms with Gasteiger partial charge in [0.1, 0.15) is 11.3 Å². The van der Waals surface area contributed by atoms with Gasteiger partial charge in [-0.05, 0) is 42.8 Å². The van der Waals surface area contributed by atoms with E-state index < -0.39 is 33.6 Å². The van der Waals surface area contributed by atoms with Gasteiger partial charge >= 0.3 is 6.36 Å². The molecule has 0 N–H and O–H groups in total. The van der Waals surface area contributed by atoms with Gasteiger partial charge in [-0.1, -0.05) is 35.3 Å². The Hall–Kier alpha value is -2.84. The van der Waals surface area contributed by atoms with Crippen molar-refractivity contribution in [3.05, 3.63) is 64.3 Å². The standard InChI is InChI=1S/C24H21Cl2F3N4O5S/c1-23(13-15-2-4-19(5-3-15)38-24(27,28)29)21(34)32(18-11-16(25)10-17(26)12-18)22-30-14-20(33(22)23)39(35,36)31-6-8-37-9-7-31/h2-5,10-12,14H,6-9,13H2,1H3/t23-/m1/s1. The number of anilines is 2. The Morgan fingerprint density at radius 2 is 1.69 bits per heavy atom. The van der Waals surface area contributed by atoms with Crippen molar-refractivity contribution in [2.24, 2.45) is 0 Å². The summed E-state index contributed by atoms with van der Waals surface area (Å²) >= 11 is 12.4. The molecule has 0 radical (unpaired) electrons. The first-order chi connectivity index (χ1) is 18.3. The maximum atomic E-state index is 14.1. The molecule has 3 heterocycles. The minimum atomic E-state index is -4.86. The number of ether oxygens (including phenoxy) is 2. The van der Waals surface area contributed by atoms with Gasteiger partial charge in [-0.25, -0.2) is 18.3 Å². The fraction of sp³-hybridized carbons (Fsp3) is 0.333. The number of hydrogen-bond donors (Lipinski definition) is 0. The molecule has 1 aromatic heterocycles. The first-order valence-electron chi connectivity index (χ1n) is 11.6. The molecular weight excluding hydrogens is 584 g/mol. The van der Waals surface area contributed by atoms with Gasteiger partial charge in [-0.15, -0.1) is 13.2 Å². The van der Waals surface area contributed by atoms with Crippen LogP contribution in [-0.4, -0.2) is 60.8 Å². The molecule has 0 bridgehead atoms. The molecule has 1 saturated heterocycles. The molecule has 0 unspecified atom stereocenters. The molecule has 15 heteroatoms. The number of carbonyl (C=O) groups excluding carboxylic acids is 1. The van der Waals surface area contributed by atoms with Crippen LogP contribution in [-0.2, 0) is 31.5 Å². The van der Waals surface area contributed by atoms with Gasteiger partial charge in [0.05, 0.1) is 25.1 Å². The fourth-order valence-electron chi connectivity index (χ4n) is 4.74. The van der Waals surface area contributed by atoms with E-state index in [4.69, 9.17) is 27.9 Å². The summed E-state index contributed by atoms with van der Waals surface area (Å²) in [5.41, 5.74) is -0.806. The highest BCUT2D eigenvalue weighted by molar-refractivity contribution is 7.89. The molecule has 2 aromatic carbocycles. The largest absolute Gasteiger partial charge is 0.573 e. The molecule has 2 aliphatic heterocycles. The van der Waals surface area contributed by atoms with Gasteiger partial charge in [-0.3, -0.25) is 9.36 Å². The molecule has 5 rings (SSSR count). The van der Waals surface area contributed by atoms with Crippen molar-refractivity contribution in [2.75, 3.05) is 31.2 Å². The van der Waals surface area contributed by atoms with Crippen molar-refractivity contribution in [1.29, 1.82) is 0 Å². The molecular formula is C24H21Cl2F3N4O5S. The molecule has 9 nitrogen and oxygen atoms in total. The second-order valence-corrected chi connectivity index (χ2v) is 11.9. The number of fused-ring (bicyclic) bond motifs is 1. The minimum Gasteiger partial charge on any atom is -0.406 e. The third-order valence-corrected chi connectivity index (χ3v) is 8.75. The normalized spacial score (nSPS) is 20.4. The van der Waals surface area contributed by atoms with Crippen molar-refractivity contribution in [3.63, 3.8) is 0 Å². The number of sulfonamides is 1. The van der Waals surface area contributed by atoms with E-state index in [1.54, 1.807) is 6.92 Å². The van der Waals surface area contributed by atoms with E-state index in [9.17, 15) is 26.4 Å². The van der Waals surface area contributed by atoms with E-state index in [1.807, 2.05) is 0 Å². The zero-order valence-electron chi connectivity index (χ0n) is 20.3. The van der Waals surface area contributed by atoms with Crippen molar-refractivity contribution in [3.8, 4) is 5.75 Å². The summed E-state index contributed by atoms with van der Waals surface area (Å²) in [5.74, 6) is -0.925. The molecule has 3 aromatic rings. The van der Waals surface area contributed by atoms with E-state index in [-0.39, 0.29) is 59.4 Å². The van der Waals surface area contributed by atoms with Crippen LogP contribution >= 0.6 is 23.2 Å². The molecule has 2 aliphatic rings. The van der Waals surface area contributed by atoms with Crippen LogP contribution in [0.15, 0.2) is 53.7 Å². The van der Waals surface area contributed by atoms with E-state index in [0.717, 1.165) is 12.1 Å². The number of carbonyl (C=O) groups is 1. The maximum absolute atomic E-state index is 14.1. The Kier molecular flexibility index (Phi) is 7.08. The molecule has 0 saturated carbocycles. The predicted molar refractivity (Wildman–Crippen MR) is 136 cm³/mol. The van der Waals surface area contributed by atoms with E-state index in [1.165, 1.54) is 50.3 Å². The van der Waals surface area contributed by atoms with Crippen LogP contribution < -0.4 is 9.64 Å². The first-order valence-corrected chi connectivity index (χ1v) is 13.8. The molecule has 208 valence electrons. The summed E-state index contributed by atoms with van der Waals surface area (Å²) in [6.45, 7) is 2.24. The Morgan fingerprint density at radius 3 is 2.28 bits per heavy atom. The quantitative estimate of drug-likeness (QED) is 0.403. The number of morpholine rings is 1. The van der Waals surface area contributed by atoms with Crippen LogP contribution in [0.4, 0.5) is 24.8 Å². The summed E-state index contributed by atoms with van der Waals surface area (Å²) in [5, 5.41) is 0.291. The van der Waals surface area contributed by atoms with Crippen molar-refractivity contribution in [1.82, 2.24) is 13.9 Å². The van der Waals surface area contributed by atoms with Crippen LogP contribution in [0, 0.1) is 0 Å². The Labute approximate surface area is 231 Å². The lowest BCUT2D eigenvalue weighted by Crippen LogP contribution is -2.45. The smallest absolute Gasteiger partial charge is 0.406 e. The van der Waals surface area contributed by atoms with Gasteiger partial charge in [0, 0.05) is 29.6 Å². The van der Waals surface area contributed by atoms with Gasteiger partial charge < -0.3 is 9.47 Å². The van der Waals surface area contributed by atoms with Crippen molar-refractivity contribution >= 4 is 50.8 Å². The Balaban J connectivity index is 1.61. The second-order valence-electron chi connectivity index (χ2n) is 9.16. The molecule has 1 fully saturated rings. The highest BCUT2D eigenvalue weighted by atomic mass is 35.5. The fourth-order valence-corrected chi connectivity index (χ4v) is 6.85. The molecule has 1 amide bonds. The SMILES string of the molecule is C[C@@]1(Cc2ccc(OC(F)(F)F)cc2)C(=O)N(c2cc(Cl)cc(Cl)c2)c2ncc(S(=O)(=O)N3CCOCC3)n21. The molecule has 1 atom stereocenters. The maximum Gasteiger partial charge on any atom is 0.573 e. The van der Waals surface area contributed by atoms with Crippen molar-refractivity contribution < 1.29 is 35.9 Å². The topological polar surface area (TPSA) is 94.0 Å². The van der Waals surface area contributed by atoms with E-state index >= 15 is 0 Å². The number of benzene rings is 2. The first kappa shape index (κ1) is 27.7. The highest BCUT2D eigenvalue weighted by Crippen LogP contribution is 2.45. The Morgan fingerprint density at radius 1 is 1.08 bits per heavy atom. The lowest BCUT2D eigenvalue weighted by molar-refractivity contribution is -0.274. The number of halogens is 5. The second kappa shape index (κ2) is 9.97. The van der Waals surface area contributed by atoms with Gasteiger partial charge in [0.15, 0.2) is 5.03 Å². The predicted octanol–water partition coefficient (Wildman–Crippen LogP) is 4.75. The van der Waals surface area contributed by atoms with Crippen molar-refractivity contribution in [2.45, 2.75) is 30.3 Å². The minimum absolute atomic E-state index is 0.0321.